The van der Waals surface area contributed by atoms with E-state index in [0.717, 1.165) is 42.3 Å². The number of ketones is 1. The van der Waals surface area contributed by atoms with E-state index in [1.807, 2.05) is 30.0 Å². The minimum Gasteiger partial charge on any atom is -0.493 e. The summed E-state index contributed by atoms with van der Waals surface area (Å²) in [5, 5.41) is 0. The lowest BCUT2D eigenvalue weighted by molar-refractivity contribution is 0.0933. The fourth-order valence-corrected chi connectivity index (χ4v) is 3.54. The van der Waals surface area contributed by atoms with Gasteiger partial charge in [-0.1, -0.05) is 0 Å². The molecular weight excluding hydrogens is 220 g/mol. The number of hydrogen-bond donors (Lipinski definition) is 0. The molecule has 0 spiro atoms. The summed E-state index contributed by atoms with van der Waals surface area (Å²) < 4.78 is 5.44. The Bertz CT molecular complexity index is 422. The van der Waals surface area contributed by atoms with Crippen LogP contribution in [0.2, 0.25) is 0 Å². The fraction of sp³-hybridized carbons (Fsp3) is 0.462. The molecule has 0 radical (unpaired) electrons. The van der Waals surface area contributed by atoms with Gasteiger partial charge in [0.05, 0.1) is 6.61 Å². The molecule has 2 aliphatic heterocycles. The molecule has 1 aromatic carbocycles. The van der Waals surface area contributed by atoms with Crippen LogP contribution in [0, 0.1) is 5.92 Å². The summed E-state index contributed by atoms with van der Waals surface area (Å²) >= 11 is 1.89. The summed E-state index contributed by atoms with van der Waals surface area (Å²) in [5.74, 6) is 3.64. The van der Waals surface area contributed by atoms with Gasteiger partial charge in [-0.25, -0.2) is 0 Å². The lowest BCUT2D eigenvalue weighted by Gasteiger charge is -2.08. The van der Waals surface area contributed by atoms with Crippen molar-refractivity contribution in [3.05, 3.63) is 29.3 Å². The van der Waals surface area contributed by atoms with Gasteiger partial charge < -0.3 is 4.74 Å². The van der Waals surface area contributed by atoms with Gasteiger partial charge in [0, 0.05) is 23.7 Å². The van der Waals surface area contributed by atoms with Crippen molar-refractivity contribution >= 4 is 17.5 Å². The predicted molar refractivity (Wildman–Crippen MR) is 65.4 cm³/mol. The molecule has 1 unspecified atom stereocenters. The van der Waals surface area contributed by atoms with Gasteiger partial charge in [-0.05, 0) is 35.9 Å². The molecule has 3 heteroatoms. The van der Waals surface area contributed by atoms with Crippen molar-refractivity contribution in [2.24, 2.45) is 5.92 Å². The number of ether oxygens (including phenoxy) is 1. The maximum absolute atomic E-state index is 12.2. The number of benzene rings is 1. The third-order valence-electron chi connectivity index (χ3n) is 3.27. The predicted octanol–water partition coefficient (Wildman–Crippen LogP) is 2.56. The quantitative estimate of drug-likeness (QED) is 0.736. The van der Waals surface area contributed by atoms with Crippen LogP contribution in [0.1, 0.15) is 22.3 Å². The summed E-state index contributed by atoms with van der Waals surface area (Å²) in [5.41, 5.74) is 2.06. The Kier molecular flexibility index (Phi) is 2.64. The molecule has 84 valence electrons. The van der Waals surface area contributed by atoms with E-state index in [1.54, 1.807) is 0 Å². The molecule has 2 aliphatic rings. The minimum absolute atomic E-state index is 0.241. The number of Topliss-reactive ketones (excluding diaryl/α,β-unsaturated/α-hetero) is 1. The Morgan fingerprint density at radius 2 is 2.38 bits per heavy atom. The third kappa shape index (κ3) is 1.73. The van der Waals surface area contributed by atoms with Crippen LogP contribution >= 0.6 is 11.8 Å². The van der Waals surface area contributed by atoms with Crippen molar-refractivity contribution in [2.75, 3.05) is 18.1 Å². The Hall–Kier alpha value is -0.960. The van der Waals surface area contributed by atoms with E-state index in [-0.39, 0.29) is 5.92 Å². The number of hydrogen-bond acceptors (Lipinski definition) is 3. The molecule has 0 bridgehead atoms. The summed E-state index contributed by atoms with van der Waals surface area (Å²) in [6, 6.07) is 5.88. The van der Waals surface area contributed by atoms with Crippen LogP contribution in [0.3, 0.4) is 0 Å². The van der Waals surface area contributed by atoms with Gasteiger partial charge in [-0.15, -0.1) is 0 Å². The molecule has 2 heterocycles. The molecule has 0 N–H and O–H groups in total. The molecule has 2 nitrogen and oxygen atoms in total. The third-order valence-corrected chi connectivity index (χ3v) is 4.44. The normalized spacial score (nSPS) is 22.9. The Labute approximate surface area is 99.4 Å². The molecule has 0 aliphatic carbocycles. The van der Waals surface area contributed by atoms with Gasteiger partial charge >= 0.3 is 0 Å². The van der Waals surface area contributed by atoms with Crippen molar-refractivity contribution < 1.29 is 9.53 Å². The average Bonchev–Trinajstić information content (AvgIpc) is 2.98. The average molecular weight is 234 g/mol. The standard InChI is InChI=1S/C13H14O2S/c14-13(11-4-6-16-8-11)10-1-2-12-9(7-10)3-5-15-12/h1-2,7,11H,3-6,8H2. The Balaban J connectivity index is 1.86. The van der Waals surface area contributed by atoms with Crippen molar-refractivity contribution in [3.63, 3.8) is 0 Å². The number of carbonyl (C=O) groups excluding carboxylic acids is 1. The molecule has 0 amide bonds. The molecule has 1 saturated heterocycles. The Morgan fingerprint density at radius 1 is 1.44 bits per heavy atom. The second-order valence-corrected chi connectivity index (χ2v) is 5.50. The van der Waals surface area contributed by atoms with Crippen LogP contribution in [0.25, 0.3) is 0 Å². The van der Waals surface area contributed by atoms with Gasteiger partial charge in [0.1, 0.15) is 5.75 Å². The first kappa shape index (κ1) is 10.2. The van der Waals surface area contributed by atoms with Crippen molar-refractivity contribution in [1.29, 1.82) is 0 Å². The lowest BCUT2D eigenvalue weighted by atomic mass is 9.95. The van der Waals surface area contributed by atoms with Crippen LogP contribution in [-0.2, 0) is 6.42 Å². The highest BCUT2D eigenvalue weighted by molar-refractivity contribution is 7.99. The summed E-state index contributed by atoms with van der Waals surface area (Å²) in [6.07, 6.45) is 1.98. The maximum atomic E-state index is 12.2. The minimum atomic E-state index is 0.241. The van der Waals surface area contributed by atoms with E-state index in [0.29, 0.717) is 5.78 Å². The number of thioether (sulfide) groups is 1. The van der Waals surface area contributed by atoms with E-state index in [9.17, 15) is 4.79 Å². The van der Waals surface area contributed by atoms with E-state index >= 15 is 0 Å². The van der Waals surface area contributed by atoms with Crippen molar-refractivity contribution in [3.8, 4) is 5.75 Å². The van der Waals surface area contributed by atoms with Gasteiger partial charge in [0.25, 0.3) is 0 Å². The van der Waals surface area contributed by atoms with Crippen LogP contribution in [0.4, 0.5) is 0 Å². The molecule has 1 aromatic rings. The van der Waals surface area contributed by atoms with Crippen LogP contribution in [0.5, 0.6) is 5.75 Å². The molecule has 0 saturated carbocycles. The first-order valence-electron chi connectivity index (χ1n) is 5.72. The summed E-state index contributed by atoms with van der Waals surface area (Å²) in [4.78, 5) is 12.2. The van der Waals surface area contributed by atoms with E-state index in [4.69, 9.17) is 4.74 Å². The second-order valence-electron chi connectivity index (χ2n) is 4.35. The topological polar surface area (TPSA) is 26.3 Å². The van der Waals surface area contributed by atoms with E-state index in [2.05, 4.69) is 0 Å². The number of rotatable bonds is 2. The van der Waals surface area contributed by atoms with Gasteiger partial charge in [0.2, 0.25) is 0 Å². The molecule has 0 aromatic heterocycles. The van der Waals surface area contributed by atoms with Crippen molar-refractivity contribution in [2.45, 2.75) is 12.8 Å². The van der Waals surface area contributed by atoms with Crippen LogP contribution in [-0.4, -0.2) is 23.9 Å². The number of fused-ring (bicyclic) bond motifs is 1. The first-order chi connectivity index (χ1) is 7.84. The molecule has 16 heavy (non-hydrogen) atoms. The smallest absolute Gasteiger partial charge is 0.166 e. The molecule has 1 atom stereocenters. The van der Waals surface area contributed by atoms with Crippen molar-refractivity contribution in [1.82, 2.24) is 0 Å². The highest BCUT2D eigenvalue weighted by Crippen LogP contribution is 2.30. The maximum Gasteiger partial charge on any atom is 0.166 e. The monoisotopic (exact) mass is 234 g/mol. The van der Waals surface area contributed by atoms with E-state index in [1.165, 1.54) is 5.56 Å². The molecule has 1 fully saturated rings. The Morgan fingerprint density at radius 3 is 3.19 bits per heavy atom. The first-order valence-corrected chi connectivity index (χ1v) is 6.88. The van der Waals surface area contributed by atoms with Gasteiger partial charge in [-0.3, -0.25) is 4.79 Å². The highest BCUT2D eigenvalue weighted by atomic mass is 32.2. The lowest BCUT2D eigenvalue weighted by Crippen LogP contribution is -2.13. The second kappa shape index (κ2) is 4.13. The molecular formula is C13H14O2S. The fourth-order valence-electron chi connectivity index (χ4n) is 2.32. The van der Waals surface area contributed by atoms with Gasteiger partial charge in [-0.2, -0.15) is 11.8 Å². The summed E-state index contributed by atoms with van der Waals surface area (Å²) in [7, 11) is 0. The summed E-state index contributed by atoms with van der Waals surface area (Å²) in [6.45, 7) is 0.756. The zero-order valence-electron chi connectivity index (χ0n) is 9.07. The van der Waals surface area contributed by atoms with Gasteiger partial charge in [0.15, 0.2) is 5.78 Å². The highest BCUT2D eigenvalue weighted by Gasteiger charge is 2.25. The largest absolute Gasteiger partial charge is 0.493 e. The van der Waals surface area contributed by atoms with E-state index < -0.39 is 0 Å². The SMILES string of the molecule is O=C(c1ccc2c(c1)CCO2)C1CCSC1. The van der Waals surface area contributed by atoms with Crippen LogP contribution in [0.15, 0.2) is 18.2 Å². The zero-order valence-corrected chi connectivity index (χ0v) is 9.89. The number of carbonyl (C=O) groups is 1. The molecule has 3 rings (SSSR count). The van der Waals surface area contributed by atoms with Crippen LogP contribution < -0.4 is 4.74 Å². The zero-order chi connectivity index (χ0) is 11.0.